The summed E-state index contributed by atoms with van der Waals surface area (Å²) in [7, 11) is 3.03. The molecule has 1 N–H and O–H groups in total. The summed E-state index contributed by atoms with van der Waals surface area (Å²) in [5, 5.41) is 16.8. The number of aliphatic hydroxyl groups is 1. The van der Waals surface area contributed by atoms with Gasteiger partial charge in [0.2, 0.25) is 11.6 Å². The average molecular weight is 280 g/mol. The van der Waals surface area contributed by atoms with Gasteiger partial charge in [-0.3, -0.25) is 0 Å². The molecule has 0 fully saturated rings. The van der Waals surface area contributed by atoms with E-state index < -0.39 is 0 Å². The fraction of sp³-hybridized carbons (Fsp3) is 0.385. The third-order valence-electron chi connectivity index (χ3n) is 2.61. The summed E-state index contributed by atoms with van der Waals surface area (Å²) in [6.07, 6.45) is 0. The van der Waals surface area contributed by atoms with E-state index >= 15 is 0 Å². The highest BCUT2D eigenvalue weighted by Gasteiger charge is 2.15. The van der Waals surface area contributed by atoms with Crippen molar-refractivity contribution in [1.82, 2.24) is 10.2 Å². The van der Waals surface area contributed by atoms with Crippen LogP contribution in [0.25, 0.3) is 0 Å². The van der Waals surface area contributed by atoms with Crippen LogP contribution < -0.4 is 14.2 Å². The Morgan fingerprint density at radius 2 is 1.80 bits per heavy atom. The molecule has 0 bridgehead atoms. The number of hydrogen-bond donors (Lipinski definition) is 1. The van der Waals surface area contributed by atoms with E-state index in [0.717, 1.165) is 0 Å². The van der Waals surface area contributed by atoms with E-state index in [1.54, 1.807) is 19.1 Å². The van der Waals surface area contributed by atoms with E-state index in [1.807, 2.05) is 0 Å². The smallest absolute Gasteiger partial charge is 0.253 e. The first-order valence-electron chi connectivity index (χ1n) is 5.95. The van der Waals surface area contributed by atoms with Gasteiger partial charge in [0, 0.05) is 6.92 Å². The van der Waals surface area contributed by atoms with Crippen LogP contribution in [0.5, 0.6) is 17.2 Å². The molecule has 1 aromatic heterocycles. The van der Waals surface area contributed by atoms with Gasteiger partial charge in [-0.25, -0.2) is 0 Å². The van der Waals surface area contributed by atoms with Gasteiger partial charge < -0.3 is 23.7 Å². The number of rotatable bonds is 6. The van der Waals surface area contributed by atoms with Crippen molar-refractivity contribution < 1.29 is 23.7 Å². The molecular weight excluding hydrogens is 264 g/mol. The molecule has 0 atom stereocenters. The molecule has 108 valence electrons. The van der Waals surface area contributed by atoms with Crippen LogP contribution in [0.1, 0.15) is 17.3 Å². The van der Waals surface area contributed by atoms with Gasteiger partial charge in [-0.1, -0.05) is 0 Å². The van der Waals surface area contributed by atoms with Crippen molar-refractivity contribution in [3.8, 4) is 17.2 Å². The molecule has 1 heterocycles. The Morgan fingerprint density at radius 3 is 2.25 bits per heavy atom. The molecule has 2 aromatic rings. The van der Waals surface area contributed by atoms with Gasteiger partial charge in [-0.05, 0) is 17.7 Å². The number of hydrogen-bond acceptors (Lipinski definition) is 7. The summed E-state index contributed by atoms with van der Waals surface area (Å²) in [5.41, 5.74) is 0.666. The molecule has 0 saturated heterocycles. The maximum Gasteiger partial charge on any atom is 0.253 e. The van der Waals surface area contributed by atoms with Gasteiger partial charge in [0.15, 0.2) is 18.1 Å². The normalized spacial score (nSPS) is 10.4. The summed E-state index contributed by atoms with van der Waals surface area (Å²) in [6, 6.07) is 3.35. The molecule has 1 aromatic carbocycles. The fourth-order valence-corrected chi connectivity index (χ4v) is 1.70. The lowest BCUT2D eigenvalue weighted by molar-refractivity contribution is 0.234. The summed E-state index contributed by atoms with van der Waals surface area (Å²) < 4.78 is 21.3. The molecule has 2 rings (SSSR count). The average Bonchev–Trinajstić information content (AvgIpc) is 2.89. The van der Waals surface area contributed by atoms with E-state index in [1.165, 1.54) is 14.2 Å². The number of benzene rings is 1. The Kier molecular flexibility index (Phi) is 4.41. The molecule has 7 nitrogen and oxygen atoms in total. The Balaban J connectivity index is 2.24. The lowest BCUT2D eigenvalue weighted by Gasteiger charge is -2.14. The monoisotopic (exact) mass is 280 g/mol. The van der Waals surface area contributed by atoms with E-state index in [4.69, 9.17) is 18.6 Å². The second-order valence-corrected chi connectivity index (χ2v) is 3.99. The van der Waals surface area contributed by atoms with Crippen LogP contribution in [0.15, 0.2) is 16.5 Å². The van der Waals surface area contributed by atoms with E-state index in [-0.39, 0.29) is 13.2 Å². The summed E-state index contributed by atoms with van der Waals surface area (Å²) in [4.78, 5) is 0. The predicted octanol–water partition coefficient (Wildman–Crippen LogP) is 1.47. The number of aliphatic hydroxyl groups excluding tert-OH is 1. The molecule has 0 unspecified atom stereocenters. The minimum Gasteiger partial charge on any atom is -0.493 e. The number of aromatic nitrogens is 2. The van der Waals surface area contributed by atoms with Gasteiger partial charge in [0.25, 0.3) is 5.89 Å². The SMILES string of the molecule is COc1cc(CO)cc(OC)c1OCc1nnc(C)o1. The maximum atomic E-state index is 9.19. The zero-order valence-electron chi connectivity index (χ0n) is 11.5. The van der Waals surface area contributed by atoms with Gasteiger partial charge in [-0.2, -0.15) is 0 Å². The minimum atomic E-state index is -0.115. The van der Waals surface area contributed by atoms with Crippen LogP contribution in [0.3, 0.4) is 0 Å². The third kappa shape index (κ3) is 3.00. The lowest BCUT2D eigenvalue weighted by atomic mass is 10.2. The van der Waals surface area contributed by atoms with Gasteiger partial charge in [0.1, 0.15) is 0 Å². The Hall–Kier alpha value is -2.28. The summed E-state index contributed by atoms with van der Waals surface area (Å²) in [6.45, 7) is 1.69. The second-order valence-electron chi connectivity index (χ2n) is 3.99. The number of nitrogens with zero attached hydrogens (tertiary/aromatic N) is 2. The highest BCUT2D eigenvalue weighted by molar-refractivity contribution is 5.53. The minimum absolute atomic E-state index is 0.103. The van der Waals surface area contributed by atoms with Crippen molar-refractivity contribution in [3.05, 3.63) is 29.5 Å². The van der Waals surface area contributed by atoms with Gasteiger partial charge in [0.05, 0.1) is 20.8 Å². The quantitative estimate of drug-likeness (QED) is 0.857. The number of methoxy groups -OCH3 is 2. The van der Waals surface area contributed by atoms with Gasteiger partial charge in [-0.15, -0.1) is 10.2 Å². The first-order valence-corrected chi connectivity index (χ1v) is 5.95. The van der Waals surface area contributed by atoms with Crippen molar-refractivity contribution in [1.29, 1.82) is 0 Å². The standard InChI is InChI=1S/C13H16N2O5/c1-8-14-15-12(20-8)7-19-13-10(17-2)4-9(6-16)5-11(13)18-3/h4-5,16H,6-7H2,1-3H3. The van der Waals surface area contributed by atoms with E-state index in [9.17, 15) is 5.11 Å². The molecule has 0 aliphatic rings. The zero-order valence-corrected chi connectivity index (χ0v) is 11.5. The Bertz CT molecular complexity index is 557. The zero-order chi connectivity index (χ0) is 14.5. The van der Waals surface area contributed by atoms with Gasteiger partial charge >= 0.3 is 0 Å². The van der Waals surface area contributed by atoms with Crippen LogP contribution in [-0.4, -0.2) is 29.5 Å². The molecule has 0 aliphatic carbocycles. The molecular formula is C13H16N2O5. The molecule has 0 radical (unpaired) electrons. The van der Waals surface area contributed by atoms with Crippen molar-refractivity contribution in [2.75, 3.05) is 14.2 Å². The second kappa shape index (κ2) is 6.25. The van der Waals surface area contributed by atoms with E-state index in [0.29, 0.717) is 34.6 Å². The van der Waals surface area contributed by atoms with Crippen LogP contribution in [0.4, 0.5) is 0 Å². The Labute approximate surface area is 116 Å². The molecule has 0 spiro atoms. The summed E-state index contributed by atoms with van der Waals surface area (Å²) >= 11 is 0. The van der Waals surface area contributed by atoms with Crippen molar-refractivity contribution in [2.24, 2.45) is 0 Å². The van der Waals surface area contributed by atoms with E-state index in [2.05, 4.69) is 10.2 Å². The van der Waals surface area contributed by atoms with Crippen LogP contribution >= 0.6 is 0 Å². The summed E-state index contributed by atoms with van der Waals surface area (Å²) in [5.74, 6) is 2.17. The maximum absolute atomic E-state index is 9.19. The number of aryl methyl sites for hydroxylation is 1. The van der Waals surface area contributed by atoms with Crippen molar-refractivity contribution in [3.63, 3.8) is 0 Å². The largest absolute Gasteiger partial charge is 0.493 e. The third-order valence-corrected chi connectivity index (χ3v) is 2.61. The lowest BCUT2D eigenvalue weighted by Crippen LogP contribution is -2.01. The first kappa shape index (κ1) is 14.1. The predicted molar refractivity (Wildman–Crippen MR) is 68.8 cm³/mol. The highest BCUT2D eigenvalue weighted by atomic mass is 16.5. The number of ether oxygens (including phenoxy) is 3. The molecule has 0 aliphatic heterocycles. The fourth-order valence-electron chi connectivity index (χ4n) is 1.70. The van der Waals surface area contributed by atoms with Crippen molar-refractivity contribution in [2.45, 2.75) is 20.1 Å². The Morgan fingerprint density at radius 1 is 1.15 bits per heavy atom. The molecule has 20 heavy (non-hydrogen) atoms. The highest BCUT2D eigenvalue weighted by Crippen LogP contribution is 2.39. The van der Waals surface area contributed by atoms with Crippen LogP contribution in [-0.2, 0) is 13.2 Å². The van der Waals surface area contributed by atoms with Crippen molar-refractivity contribution >= 4 is 0 Å². The van der Waals surface area contributed by atoms with Crippen LogP contribution in [0.2, 0.25) is 0 Å². The first-order chi connectivity index (χ1) is 9.67. The topological polar surface area (TPSA) is 86.8 Å². The van der Waals surface area contributed by atoms with Crippen LogP contribution in [0, 0.1) is 6.92 Å². The molecule has 0 saturated carbocycles. The molecule has 7 heteroatoms. The molecule has 0 amide bonds.